The Kier molecular flexibility index (Phi) is 5.51. The van der Waals surface area contributed by atoms with Crippen LogP contribution < -0.4 is 5.32 Å². The summed E-state index contributed by atoms with van der Waals surface area (Å²) < 4.78 is 13.2. The van der Waals surface area contributed by atoms with Crippen LogP contribution >= 0.6 is 0 Å². The summed E-state index contributed by atoms with van der Waals surface area (Å²) in [5.74, 6) is -0.427. The van der Waals surface area contributed by atoms with Gasteiger partial charge < -0.3 is 5.32 Å². The number of likely N-dealkylation sites (N-methyl/N-ethyl adjacent to an activating group) is 1. The standard InChI is InChI=1S/C17H22FN3O/c1-21(11-14-6-5-7-15(18)10-14)12-16(22)20-17(13-19)8-3-2-4-9-17/h5-7,10H,2-4,8-9,11-12H2,1H3,(H,20,22). The molecule has 118 valence electrons. The lowest BCUT2D eigenvalue weighted by Gasteiger charge is -2.32. The highest BCUT2D eigenvalue weighted by atomic mass is 19.1. The first-order valence-electron chi connectivity index (χ1n) is 7.68. The summed E-state index contributed by atoms with van der Waals surface area (Å²) >= 11 is 0. The van der Waals surface area contributed by atoms with Gasteiger partial charge in [0.05, 0.1) is 12.6 Å². The van der Waals surface area contributed by atoms with Gasteiger partial charge in [0, 0.05) is 6.54 Å². The maximum absolute atomic E-state index is 13.2. The second-order valence-electron chi connectivity index (χ2n) is 6.10. The van der Waals surface area contributed by atoms with Crippen LogP contribution in [0.25, 0.3) is 0 Å². The molecule has 0 bridgehead atoms. The highest BCUT2D eigenvalue weighted by molar-refractivity contribution is 5.79. The molecule has 4 nitrogen and oxygen atoms in total. The molecule has 1 aromatic carbocycles. The van der Waals surface area contributed by atoms with Crippen LogP contribution in [0.1, 0.15) is 37.7 Å². The molecular weight excluding hydrogens is 281 g/mol. The molecule has 1 aromatic rings. The molecule has 0 saturated heterocycles. The highest BCUT2D eigenvalue weighted by Gasteiger charge is 2.33. The summed E-state index contributed by atoms with van der Waals surface area (Å²) in [6.07, 6.45) is 4.53. The normalized spacial score (nSPS) is 17.0. The third-order valence-corrected chi connectivity index (χ3v) is 4.05. The molecular formula is C17H22FN3O. The first kappa shape index (κ1) is 16.4. The van der Waals surface area contributed by atoms with Crippen molar-refractivity contribution in [1.82, 2.24) is 10.2 Å². The van der Waals surface area contributed by atoms with Crippen LogP contribution in [0.5, 0.6) is 0 Å². The quantitative estimate of drug-likeness (QED) is 0.909. The van der Waals surface area contributed by atoms with Gasteiger partial charge in [0.2, 0.25) is 5.91 Å². The van der Waals surface area contributed by atoms with E-state index in [1.807, 2.05) is 18.0 Å². The van der Waals surface area contributed by atoms with Crippen molar-refractivity contribution in [2.75, 3.05) is 13.6 Å². The van der Waals surface area contributed by atoms with Crippen LogP contribution in [-0.4, -0.2) is 29.9 Å². The molecule has 0 heterocycles. The molecule has 0 unspecified atom stereocenters. The lowest BCUT2D eigenvalue weighted by Crippen LogP contribution is -2.51. The minimum Gasteiger partial charge on any atom is -0.337 e. The average Bonchev–Trinajstić information content (AvgIpc) is 2.47. The van der Waals surface area contributed by atoms with E-state index in [9.17, 15) is 14.4 Å². The van der Waals surface area contributed by atoms with Gasteiger partial charge in [-0.1, -0.05) is 31.4 Å². The van der Waals surface area contributed by atoms with Gasteiger partial charge in [-0.15, -0.1) is 0 Å². The summed E-state index contributed by atoms with van der Waals surface area (Å²) in [6, 6.07) is 8.63. The van der Waals surface area contributed by atoms with Gasteiger partial charge in [0.1, 0.15) is 11.4 Å². The fourth-order valence-corrected chi connectivity index (χ4v) is 2.97. The number of carbonyl (C=O) groups is 1. The van der Waals surface area contributed by atoms with Gasteiger partial charge >= 0.3 is 0 Å². The second-order valence-corrected chi connectivity index (χ2v) is 6.10. The third kappa shape index (κ3) is 4.54. The zero-order valence-corrected chi connectivity index (χ0v) is 12.9. The number of nitrogens with one attached hydrogen (secondary N) is 1. The summed E-state index contributed by atoms with van der Waals surface area (Å²) in [4.78, 5) is 14.0. The number of rotatable bonds is 5. The largest absolute Gasteiger partial charge is 0.337 e. The van der Waals surface area contributed by atoms with E-state index in [1.165, 1.54) is 12.1 Å². The van der Waals surface area contributed by atoms with Gasteiger partial charge in [-0.2, -0.15) is 5.26 Å². The molecule has 0 aromatic heterocycles. The molecule has 1 amide bonds. The zero-order chi connectivity index (χ0) is 16.0. The number of amides is 1. The third-order valence-electron chi connectivity index (χ3n) is 4.05. The first-order valence-corrected chi connectivity index (χ1v) is 7.68. The Balaban J connectivity index is 1.87. The van der Waals surface area contributed by atoms with E-state index in [2.05, 4.69) is 11.4 Å². The molecule has 5 heteroatoms. The summed E-state index contributed by atoms with van der Waals surface area (Å²) in [5.41, 5.74) is 0.123. The Labute approximate surface area is 130 Å². The number of nitrogens with zero attached hydrogens (tertiary/aromatic N) is 2. The Morgan fingerprint density at radius 2 is 2.14 bits per heavy atom. The van der Waals surface area contributed by atoms with Crippen LogP contribution in [0, 0.1) is 17.1 Å². The molecule has 0 radical (unpaired) electrons. The predicted octanol–water partition coefficient (Wildman–Crippen LogP) is 2.60. The predicted molar refractivity (Wildman–Crippen MR) is 82.3 cm³/mol. The average molecular weight is 303 g/mol. The van der Waals surface area contributed by atoms with Crippen molar-refractivity contribution >= 4 is 5.91 Å². The molecule has 0 aliphatic heterocycles. The second kappa shape index (κ2) is 7.37. The van der Waals surface area contributed by atoms with Gasteiger partial charge in [-0.05, 0) is 37.6 Å². The van der Waals surface area contributed by atoms with E-state index in [0.29, 0.717) is 6.54 Å². The number of nitriles is 1. The maximum atomic E-state index is 13.2. The van der Waals surface area contributed by atoms with E-state index in [1.54, 1.807) is 6.07 Å². The van der Waals surface area contributed by atoms with E-state index >= 15 is 0 Å². The molecule has 0 atom stereocenters. The summed E-state index contributed by atoms with van der Waals surface area (Å²) in [5, 5.41) is 12.3. The van der Waals surface area contributed by atoms with E-state index in [-0.39, 0.29) is 18.3 Å². The van der Waals surface area contributed by atoms with Gasteiger partial charge in [0.15, 0.2) is 0 Å². The SMILES string of the molecule is CN(CC(=O)NC1(C#N)CCCCC1)Cc1cccc(F)c1. The number of benzene rings is 1. The number of hydrogen-bond acceptors (Lipinski definition) is 3. The minimum absolute atomic E-state index is 0.151. The smallest absolute Gasteiger partial charge is 0.235 e. The van der Waals surface area contributed by atoms with Crippen molar-refractivity contribution in [3.05, 3.63) is 35.6 Å². The van der Waals surface area contributed by atoms with E-state index in [0.717, 1.165) is 37.7 Å². The van der Waals surface area contributed by atoms with E-state index in [4.69, 9.17) is 0 Å². The monoisotopic (exact) mass is 303 g/mol. The van der Waals surface area contributed by atoms with Crippen molar-refractivity contribution in [3.8, 4) is 6.07 Å². The molecule has 1 aliphatic carbocycles. The Morgan fingerprint density at radius 3 is 2.77 bits per heavy atom. The molecule has 1 aliphatic rings. The van der Waals surface area contributed by atoms with Gasteiger partial charge in [-0.25, -0.2) is 4.39 Å². The number of halogens is 1. The summed E-state index contributed by atoms with van der Waals surface area (Å²) in [7, 11) is 1.81. The van der Waals surface area contributed by atoms with Crippen LogP contribution in [-0.2, 0) is 11.3 Å². The molecule has 2 rings (SSSR count). The van der Waals surface area contributed by atoms with Crippen LogP contribution in [0.15, 0.2) is 24.3 Å². The van der Waals surface area contributed by atoms with Crippen molar-refractivity contribution < 1.29 is 9.18 Å². The Hall–Kier alpha value is -1.93. The van der Waals surface area contributed by atoms with Gasteiger partial charge in [0.25, 0.3) is 0 Å². The topological polar surface area (TPSA) is 56.1 Å². The fourth-order valence-electron chi connectivity index (χ4n) is 2.97. The van der Waals surface area contributed by atoms with Crippen molar-refractivity contribution in [3.63, 3.8) is 0 Å². The molecule has 0 spiro atoms. The van der Waals surface area contributed by atoms with Crippen molar-refractivity contribution in [2.45, 2.75) is 44.2 Å². The van der Waals surface area contributed by atoms with Crippen LogP contribution in [0.4, 0.5) is 4.39 Å². The Morgan fingerprint density at radius 1 is 1.41 bits per heavy atom. The van der Waals surface area contributed by atoms with Crippen LogP contribution in [0.3, 0.4) is 0 Å². The molecule has 1 saturated carbocycles. The van der Waals surface area contributed by atoms with Crippen molar-refractivity contribution in [1.29, 1.82) is 5.26 Å². The lowest BCUT2D eigenvalue weighted by molar-refractivity contribution is -0.123. The first-order chi connectivity index (χ1) is 10.5. The highest BCUT2D eigenvalue weighted by Crippen LogP contribution is 2.27. The fraction of sp³-hybridized carbons (Fsp3) is 0.529. The zero-order valence-electron chi connectivity index (χ0n) is 12.9. The maximum Gasteiger partial charge on any atom is 0.235 e. The van der Waals surface area contributed by atoms with Gasteiger partial charge in [-0.3, -0.25) is 9.69 Å². The molecule has 1 fully saturated rings. The molecule has 22 heavy (non-hydrogen) atoms. The summed E-state index contributed by atoms with van der Waals surface area (Å²) in [6.45, 7) is 0.685. The Bertz CT molecular complexity index is 561. The van der Waals surface area contributed by atoms with Crippen LogP contribution in [0.2, 0.25) is 0 Å². The van der Waals surface area contributed by atoms with Crippen molar-refractivity contribution in [2.24, 2.45) is 0 Å². The number of hydrogen-bond donors (Lipinski definition) is 1. The number of carbonyl (C=O) groups excluding carboxylic acids is 1. The lowest BCUT2D eigenvalue weighted by atomic mass is 9.83. The minimum atomic E-state index is -0.699. The van der Waals surface area contributed by atoms with E-state index < -0.39 is 5.54 Å². The molecule has 1 N–H and O–H groups in total.